The lowest BCUT2D eigenvalue weighted by Gasteiger charge is -2.36. The Morgan fingerprint density at radius 3 is 2.52 bits per heavy atom. The summed E-state index contributed by atoms with van der Waals surface area (Å²) >= 11 is 5.06. The summed E-state index contributed by atoms with van der Waals surface area (Å²) in [6, 6.07) is 12.4. The van der Waals surface area contributed by atoms with E-state index >= 15 is 0 Å². The molecule has 0 saturated carbocycles. The molecule has 1 amide bonds. The van der Waals surface area contributed by atoms with Gasteiger partial charge >= 0.3 is 0 Å². The van der Waals surface area contributed by atoms with Crippen LogP contribution in [0.2, 0.25) is 0 Å². The molecule has 2 heterocycles. The summed E-state index contributed by atoms with van der Waals surface area (Å²) in [7, 11) is 0. The fraction of sp³-hybridized carbons (Fsp3) is 0.278. The summed E-state index contributed by atoms with van der Waals surface area (Å²) in [5.41, 5.74) is 2.56. The highest BCUT2D eigenvalue weighted by molar-refractivity contribution is 9.11. The van der Waals surface area contributed by atoms with Crippen LogP contribution in [0.4, 0.5) is 5.69 Å². The van der Waals surface area contributed by atoms with Crippen molar-refractivity contribution in [2.75, 3.05) is 31.1 Å². The fourth-order valence-corrected chi connectivity index (χ4v) is 4.09. The van der Waals surface area contributed by atoms with Gasteiger partial charge in [-0.3, -0.25) is 4.79 Å². The molecule has 0 radical (unpaired) electrons. The van der Waals surface area contributed by atoms with Gasteiger partial charge in [0.15, 0.2) is 0 Å². The second-order valence-electron chi connectivity index (χ2n) is 5.57. The number of thiophene rings is 1. The molecule has 5 heteroatoms. The van der Waals surface area contributed by atoms with Gasteiger partial charge in [-0.2, -0.15) is 0 Å². The second kappa shape index (κ2) is 7.32. The summed E-state index contributed by atoms with van der Waals surface area (Å²) < 4.78 is 1.08. The maximum absolute atomic E-state index is 12.3. The second-order valence-corrected chi connectivity index (χ2v) is 8.07. The molecule has 120 valence electrons. The lowest BCUT2D eigenvalue weighted by atomic mass is 10.1. The third-order valence-electron chi connectivity index (χ3n) is 4.03. The predicted octanol–water partition coefficient (Wildman–Crippen LogP) is 4.18. The highest BCUT2D eigenvalue weighted by Crippen LogP contribution is 2.23. The molecule has 0 spiro atoms. The van der Waals surface area contributed by atoms with E-state index in [-0.39, 0.29) is 5.91 Å². The Morgan fingerprint density at radius 2 is 1.87 bits per heavy atom. The summed E-state index contributed by atoms with van der Waals surface area (Å²) in [5.74, 6) is 0.0963. The van der Waals surface area contributed by atoms with E-state index in [1.807, 2.05) is 23.1 Å². The van der Waals surface area contributed by atoms with Gasteiger partial charge in [-0.05, 0) is 52.7 Å². The number of rotatable bonds is 3. The summed E-state index contributed by atoms with van der Waals surface area (Å²) in [5, 5.41) is 0. The largest absolute Gasteiger partial charge is 0.368 e. The standard InChI is InChI=1S/C18H19BrN2OS/c1-14-4-2-3-5-16(14)20-10-12-21(13-11-20)18(22)9-7-15-6-8-17(19)23-15/h2-9H,10-13H2,1H3/b9-7+. The molecule has 1 saturated heterocycles. The van der Waals surface area contributed by atoms with Gasteiger partial charge in [-0.15, -0.1) is 11.3 Å². The number of piperazine rings is 1. The van der Waals surface area contributed by atoms with Gasteiger partial charge in [0.05, 0.1) is 3.79 Å². The van der Waals surface area contributed by atoms with Crippen molar-refractivity contribution in [1.82, 2.24) is 4.90 Å². The fourth-order valence-electron chi connectivity index (χ4n) is 2.76. The van der Waals surface area contributed by atoms with E-state index in [0.717, 1.165) is 34.8 Å². The Labute approximate surface area is 149 Å². The number of para-hydroxylation sites is 1. The van der Waals surface area contributed by atoms with Crippen LogP contribution in [0.25, 0.3) is 6.08 Å². The molecule has 3 nitrogen and oxygen atoms in total. The molecule has 0 N–H and O–H groups in total. The van der Waals surface area contributed by atoms with E-state index in [1.165, 1.54) is 11.3 Å². The lowest BCUT2D eigenvalue weighted by molar-refractivity contribution is -0.126. The maximum atomic E-state index is 12.3. The van der Waals surface area contributed by atoms with Crippen LogP contribution in [0, 0.1) is 6.92 Å². The molecule has 1 aliphatic heterocycles. The topological polar surface area (TPSA) is 23.6 Å². The van der Waals surface area contributed by atoms with E-state index in [2.05, 4.69) is 52.0 Å². The first kappa shape index (κ1) is 16.3. The van der Waals surface area contributed by atoms with E-state index in [1.54, 1.807) is 17.4 Å². The number of hydrogen-bond acceptors (Lipinski definition) is 3. The van der Waals surface area contributed by atoms with E-state index in [0.29, 0.717) is 0 Å². The van der Waals surface area contributed by atoms with Gasteiger partial charge in [0.1, 0.15) is 0 Å². The van der Waals surface area contributed by atoms with Crippen molar-refractivity contribution in [3.63, 3.8) is 0 Å². The normalized spacial score (nSPS) is 15.4. The predicted molar refractivity (Wildman–Crippen MR) is 101 cm³/mol. The zero-order chi connectivity index (χ0) is 16.2. The highest BCUT2D eigenvalue weighted by atomic mass is 79.9. The minimum absolute atomic E-state index is 0.0963. The molecule has 0 unspecified atom stereocenters. The summed E-state index contributed by atoms with van der Waals surface area (Å²) in [6.07, 6.45) is 3.58. The van der Waals surface area contributed by atoms with Crippen molar-refractivity contribution in [2.24, 2.45) is 0 Å². The van der Waals surface area contributed by atoms with Crippen LogP contribution in [0.5, 0.6) is 0 Å². The minimum Gasteiger partial charge on any atom is -0.368 e. The number of amides is 1. The van der Waals surface area contributed by atoms with Gasteiger partial charge in [-0.1, -0.05) is 18.2 Å². The zero-order valence-electron chi connectivity index (χ0n) is 13.0. The van der Waals surface area contributed by atoms with Crippen LogP contribution in [-0.2, 0) is 4.79 Å². The Morgan fingerprint density at radius 1 is 1.13 bits per heavy atom. The van der Waals surface area contributed by atoms with E-state index in [4.69, 9.17) is 0 Å². The van der Waals surface area contributed by atoms with Crippen molar-refractivity contribution in [3.05, 3.63) is 56.7 Å². The Bertz CT molecular complexity index is 717. The first-order chi connectivity index (χ1) is 11.1. The highest BCUT2D eigenvalue weighted by Gasteiger charge is 2.20. The quantitative estimate of drug-likeness (QED) is 0.733. The van der Waals surface area contributed by atoms with Crippen LogP contribution in [0.15, 0.2) is 46.3 Å². The molecule has 1 aromatic heterocycles. The van der Waals surface area contributed by atoms with Crippen LogP contribution in [0.1, 0.15) is 10.4 Å². The number of aryl methyl sites for hydroxylation is 1. The molecule has 0 bridgehead atoms. The van der Waals surface area contributed by atoms with Crippen molar-refractivity contribution in [1.29, 1.82) is 0 Å². The van der Waals surface area contributed by atoms with Crippen molar-refractivity contribution >= 4 is 44.9 Å². The Kier molecular flexibility index (Phi) is 5.18. The first-order valence-electron chi connectivity index (χ1n) is 7.66. The monoisotopic (exact) mass is 390 g/mol. The number of anilines is 1. The first-order valence-corrected chi connectivity index (χ1v) is 9.27. The molecular weight excluding hydrogens is 372 g/mol. The van der Waals surface area contributed by atoms with Crippen LogP contribution >= 0.6 is 27.3 Å². The zero-order valence-corrected chi connectivity index (χ0v) is 15.4. The van der Waals surface area contributed by atoms with Crippen LogP contribution in [-0.4, -0.2) is 37.0 Å². The number of benzene rings is 1. The van der Waals surface area contributed by atoms with Gasteiger partial charge < -0.3 is 9.80 Å². The lowest BCUT2D eigenvalue weighted by Crippen LogP contribution is -2.48. The molecule has 3 rings (SSSR count). The summed E-state index contributed by atoms with van der Waals surface area (Å²) in [6.45, 7) is 5.44. The average molecular weight is 391 g/mol. The average Bonchev–Trinajstić information content (AvgIpc) is 2.99. The Balaban J connectivity index is 1.57. The number of nitrogens with zero attached hydrogens (tertiary/aromatic N) is 2. The van der Waals surface area contributed by atoms with Gasteiger partial charge in [0.2, 0.25) is 5.91 Å². The van der Waals surface area contributed by atoms with E-state index < -0.39 is 0 Å². The molecule has 1 aliphatic rings. The molecular formula is C18H19BrN2OS. The number of hydrogen-bond donors (Lipinski definition) is 0. The van der Waals surface area contributed by atoms with Crippen LogP contribution in [0.3, 0.4) is 0 Å². The molecule has 0 atom stereocenters. The SMILES string of the molecule is Cc1ccccc1N1CCN(C(=O)/C=C/c2ccc(Br)s2)CC1. The third-order valence-corrected chi connectivity index (χ3v) is 5.62. The minimum atomic E-state index is 0.0963. The molecule has 1 fully saturated rings. The summed E-state index contributed by atoms with van der Waals surface area (Å²) in [4.78, 5) is 17.7. The Hall–Kier alpha value is -1.59. The number of carbonyl (C=O) groups excluding carboxylic acids is 1. The smallest absolute Gasteiger partial charge is 0.246 e. The number of carbonyl (C=O) groups is 1. The molecule has 0 aliphatic carbocycles. The van der Waals surface area contributed by atoms with Crippen molar-refractivity contribution < 1.29 is 4.79 Å². The number of halogens is 1. The van der Waals surface area contributed by atoms with Crippen LogP contribution < -0.4 is 4.90 Å². The molecule has 23 heavy (non-hydrogen) atoms. The third kappa shape index (κ3) is 4.03. The van der Waals surface area contributed by atoms with Crippen molar-refractivity contribution in [3.8, 4) is 0 Å². The van der Waals surface area contributed by atoms with E-state index in [9.17, 15) is 4.79 Å². The maximum Gasteiger partial charge on any atom is 0.246 e. The molecule has 2 aromatic rings. The van der Waals surface area contributed by atoms with Gasteiger partial charge in [-0.25, -0.2) is 0 Å². The van der Waals surface area contributed by atoms with Gasteiger partial charge in [0, 0.05) is 42.8 Å². The van der Waals surface area contributed by atoms with Crippen molar-refractivity contribution in [2.45, 2.75) is 6.92 Å². The van der Waals surface area contributed by atoms with Gasteiger partial charge in [0.25, 0.3) is 0 Å². The molecule has 1 aromatic carbocycles.